The molecular formula is C24H30F4. The summed E-state index contributed by atoms with van der Waals surface area (Å²) in [5.41, 5.74) is -0.397. The highest BCUT2D eigenvalue weighted by Gasteiger charge is 2.44. The molecule has 1 aromatic rings. The molecule has 0 amide bonds. The van der Waals surface area contributed by atoms with Crippen molar-refractivity contribution < 1.29 is 17.6 Å². The topological polar surface area (TPSA) is 0 Å². The lowest BCUT2D eigenvalue weighted by atomic mass is 9.55. The first-order chi connectivity index (χ1) is 13.4. The molecule has 3 fully saturated rings. The van der Waals surface area contributed by atoms with E-state index in [1.165, 1.54) is 38.2 Å². The second-order valence-corrected chi connectivity index (χ2v) is 9.27. The summed E-state index contributed by atoms with van der Waals surface area (Å²) < 4.78 is 52.5. The Morgan fingerprint density at radius 3 is 2.21 bits per heavy atom. The maximum Gasteiger partial charge on any atom is 0.419 e. The van der Waals surface area contributed by atoms with E-state index in [4.69, 9.17) is 0 Å². The van der Waals surface area contributed by atoms with Crippen LogP contribution in [0.25, 0.3) is 0 Å². The number of hydrogen-bond donors (Lipinski definition) is 0. The number of alkyl halides is 3. The van der Waals surface area contributed by atoms with Crippen molar-refractivity contribution in [2.75, 3.05) is 0 Å². The van der Waals surface area contributed by atoms with E-state index in [2.05, 4.69) is 19.1 Å². The summed E-state index contributed by atoms with van der Waals surface area (Å²) in [5.74, 6) is 2.91. The molecule has 4 heteroatoms. The van der Waals surface area contributed by atoms with Crippen molar-refractivity contribution in [3.8, 4) is 0 Å². The summed E-state index contributed by atoms with van der Waals surface area (Å²) in [6, 6.07) is 3.57. The molecule has 3 aliphatic carbocycles. The smallest absolute Gasteiger partial charge is 0.206 e. The van der Waals surface area contributed by atoms with E-state index in [0.717, 1.165) is 60.6 Å². The largest absolute Gasteiger partial charge is 0.419 e. The monoisotopic (exact) mass is 394 g/mol. The highest BCUT2D eigenvalue weighted by molar-refractivity contribution is 5.29. The molecule has 0 saturated heterocycles. The molecule has 0 heterocycles. The van der Waals surface area contributed by atoms with Gasteiger partial charge in [0.2, 0.25) is 0 Å². The predicted octanol–water partition coefficient (Wildman–Crippen LogP) is 7.75. The van der Waals surface area contributed by atoms with Gasteiger partial charge in [0.15, 0.2) is 0 Å². The van der Waals surface area contributed by atoms with Crippen molar-refractivity contribution in [1.29, 1.82) is 0 Å². The normalized spacial score (nSPS) is 36.2. The molecular weight excluding hydrogens is 364 g/mol. The van der Waals surface area contributed by atoms with Crippen molar-refractivity contribution in [2.45, 2.75) is 70.4 Å². The highest BCUT2D eigenvalue weighted by atomic mass is 19.4. The molecule has 0 spiro atoms. The summed E-state index contributed by atoms with van der Waals surface area (Å²) in [7, 11) is 0. The Kier molecular flexibility index (Phi) is 5.59. The van der Waals surface area contributed by atoms with Crippen molar-refractivity contribution in [3.63, 3.8) is 0 Å². The van der Waals surface area contributed by atoms with Gasteiger partial charge in [-0.05, 0) is 111 Å². The molecule has 0 bridgehead atoms. The third-order valence-corrected chi connectivity index (χ3v) is 7.82. The number of allylic oxidation sites excluding steroid dienone is 2. The van der Waals surface area contributed by atoms with Gasteiger partial charge < -0.3 is 0 Å². The van der Waals surface area contributed by atoms with Crippen LogP contribution in [-0.4, -0.2) is 0 Å². The zero-order chi connectivity index (χ0) is 19.9. The standard InChI is InChI=1S/C24H30F4/c1-2-3-15-4-9-20-18(12-15)5-6-19-13-16(7-10-21(19)20)17-8-11-22(23(25)14-17)24(26,27)28/h2-3,8,11,14-16,18-21H,4-7,9-10,12-13H2,1H3/t15-,16-,18-,19+,20+,21+/m1/s1. The predicted molar refractivity (Wildman–Crippen MR) is 103 cm³/mol. The number of halogens is 4. The molecule has 3 aliphatic rings. The maximum absolute atomic E-state index is 14.0. The summed E-state index contributed by atoms with van der Waals surface area (Å²) in [6.07, 6.45) is 9.53. The molecule has 0 unspecified atom stereocenters. The molecule has 4 rings (SSSR count). The van der Waals surface area contributed by atoms with E-state index >= 15 is 0 Å². The first-order valence-electron chi connectivity index (χ1n) is 10.9. The minimum atomic E-state index is -4.62. The van der Waals surface area contributed by atoms with Gasteiger partial charge >= 0.3 is 6.18 Å². The number of fused-ring (bicyclic) bond motifs is 3. The molecule has 0 nitrogen and oxygen atoms in total. The van der Waals surface area contributed by atoms with Gasteiger partial charge in [-0.25, -0.2) is 4.39 Å². The van der Waals surface area contributed by atoms with E-state index in [1.54, 1.807) is 0 Å². The summed E-state index contributed by atoms with van der Waals surface area (Å²) in [5, 5.41) is 0. The van der Waals surface area contributed by atoms with Gasteiger partial charge in [-0.2, -0.15) is 13.2 Å². The van der Waals surface area contributed by atoms with E-state index < -0.39 is 17.6 Å². The Bertz CT molecular complexity index is 720. The lowest BCUT2D eigenvalue weighted by Crippen LogP contribution is -2.41. The first kappa shape index (κ1) is 20.0. The maximum atomic E-state index is 14.0. The van der Waals surface area contributed by atoms with Gasteiger partial charge in [-0.1, -0.05) is 18.2 Å². The van der Waals surface area contributed by atoms with Crippen molar-refractivity contribution >= 4 is 0 Å². The highest BCUT2D eigenvalue weighted by Crippen LogP contribution is 2.55. The molecule has 0 radical (unpaired) electrons. The number of rotatable bonds is 2. The molecule has 28 heavy (non-hydrogen) atoms. The first-order valence-corrected chi connectivity index (χ1v) is 10.9. The van der Waals surface area contributed by atoms with Gasteiger partial charge in [0.05, 0.1) is 5.56 Å². The van der Waals surface area contributed by atoms with Gasteiger partial charge in [-0.15, -0.1) is 0 Å². The van der Waals surface area contributed by atoms with E-state index in [1.807, 2.05) is 0 Å². The fourth-order valence-electron chi connectivity index (χ4n) is 6.60. The van der Waals surface area contributed by atoms with Crippen LogP contribution in [0, 0.1) is 35.4 Å². The molecule has 0 aromatic heterocycles. The van der Waals surface area contributed by atoms with Crippen LogP contribution in [0.5, 0.6) is 0 Å². The van der Waals surface area contributed by atoms with Crippen LogP contribution >= 0.6 is 0 Å². The molecule has 6 atom stereocenters. The fraction of sp³-hybridized carbons (Fsp3) is 0.667. The van der Waals surface area contributed by atoms with Gasteiger partial charge in [0, 0.05) is 0 Å². The second-order valence-electron chi connectivity index (χ2n) is 9.27. The van der Waals surface area contributed by atoms with Crippen LogP contribution in [0.15, 0.2) is 30.4 Å². The number of hydrogen-bond acceptors (Lipinski definition) is 0. The Labute approximate surface area is 165 Å². The summed E-state index contributed by atoms with van der Waals surface area (Å²) in [4.78, 5) is 0. The average molecular weight is 394 g/mol. The Morgan fingerprint density at radius 1 is 0.893 bits per heavy atom. The zero-order valence-electron chi connectivity index (χ0n) is 16.5. The van der Waals surface area contributed by atoms with Gasteiger partial charge in [0.25, 0.3) is 0 Å². The third kappa shape index (κ3) is 3.89. The van der Waals surface area contributed by atoms with Gasteiger partial charge in [-0.3, -0.25) is 0 Å². The number of benzene rings is 1. The SMILES string of the molecule is CC=C[C@@H]1CC[C@H]2[C@H](CC[C@H]3C[C@H](c4ccc(C(F)(F)F)c(F)c4)CC[C@@H]32)C1. The third-order valence-electron chi connectivity index (χ3n) is 7.82. The van der Waals surface area contributed by atoms with Crippen LogP contribution in [0.4, 0.5) is 17.6 Å². The van der Waals surface area contributed by atoms with E-state index in [9.17, 15) is 17.6 Å². The molecule has 154 valence electrons. The Hall–Kier alpha value is -1.32. The minimum Gasteiger partial charge on any atom is -0.206 e. The lowest BCUT2D eigenvalue weighted by molar-refractivity contribution is -0.140. The Balaban J connectivity index is 1.43. The van der Waals surface area contributed by atoms with Crippen LogP contribution in [0.1, 0.15) is 75.3 Å². The van der Waals surface area contributed by atoms with Crippen LogP contribution in [0.2, 0.25) is 0 Å². The van der Waals surface area contributed by atoms with Crippen molar-refractivity contribution in [3.05, 3.63) is 47.3 Å². The summed E-state index contributed by atoms with van der Waals surface area (Å²) >= 11 is 0. The molecule has 1 aromatic carbocycles. The van der Waals surface area contributed by atoms with E-state index in [0.29, 0.717) is 5.92 Å². The second kappa shape index (κ2) is 7.84. The van der Waals surface area contributed by atoms with Crippen LogP contribution in [0.3, 0.4) is 0 Å². The summed E-state index contributed by atoms with van der Waals surface area (Å²) in [6.45, 7) is 2.11. The van der Waals surface area contributed by atoms with Crippen molar-refractivity contribution in [1.82, 2.24) is 0 Å². The zero-order valence-corrected chi connectivity index (χ0v) is 16.5. The Morgan fingerprint density at radius 2 is 1.57 bits per heavy atom. The molecule has 0 aliphatic heterocycles. The average Bonchev–Trinajstić information content (AvgIpc) is 2.66. The molecule has 3 saturated carbocycles. The lowest BCUT2D eigenvalue weighted by Gasteiger charge is -2.50. The fourth-order valence-corrected chi connectivity index (χ4v) is 6.60. The van der Waals surface area contributed by atoms with E-state index in [-0.39, 0.29) is 5.92 Å². The van der Waals surface area contributed by atoms with Crippen LogP contribution < -0.4 is 0 Å². The van der Waals surface area contributed by atoms with Crippen molar-refractivity contribution in [2.24, 2.45) is 29.6 Å². The molecule has 0 N–H and O–H groups in total. The quantitative estimate of drug-likeness (QED) is 0.355. The van der Waals surface area contributed by atoms with Crippen LogP contribution in [-0.2, 0) is 6.18 Å². The minimum absolute atomic E-state index is 0.203. The van der Waals surface area contributed by atoms with Gasteiger partial charge in [0.1, 0.15) is 5.82 Å².